The highest BCUT2D eigenvalue weighted by Crippen LogP contribution is 2.22. The van der Waals surface area contributed by atoms with Gasteiger partial charge in [0.25, 0.3) is 0 Å². The zero-order valence-electron chi connectivity index (χ0n) is 9.66. The van der Waals surface area contributed by atoms with Gasteiger partial charge in [0.05, 0.1) is 0 Å². The maximum Gasteiger partial charge on any atom is 0.0305 e. The second kappa shape index (κ2) is 4.75. The summed E-state index contributed by atoms with van der Waals surface area (Å²) in [4.78, 5) is 4.20. The van der Waals surface area contributed by atoms with Gasteiger partial charge in [-0.3, -0.25) is 4.98 Å². The van der Waals surface area contributed by atoms with E-state index in [1.54, 1.807) is 0 Å². The average Bonchev–Trinajstić information content (AvgIpc) is 3.02. The molecule has 1 aromatic rings. The maximum absolute atomic E-state index is 4.20. The minimum atomic E-state index is 0.616. The van der Waals surface area contributed by atoms with Gasteiger partial charge in [0.1, 0.15) is 0 Å². The molecule has 0 amide bonds. The fraction of sp³-hybridized carbons (Fsp3) is 0.615. The molecule has 1 aliphatic carbocycles. The molecule has 0 aromatic carbocycles. The molecule has 1 atom stereocenters. The lowest BCUT2D eigenvalue weighted by Crippen LogP contribution is -2.19. The Bertz CT molecular complexity index is 318. The van der Waals surface area contributed by atoms with E-state index in [9.17, 15) is 0 Å². The van der Waals surface area contributed by atoms with Crippen LogP contribution in [0, 0.1) is 6.92 Å². The lowest BCUT2D eigenvalue weighted by Gasteiger charge is -2.14. The number of hydrogen-bond donors (Lipinski definition) is 1. The van der Waals surface area contributed by atoms with E-state index in [-0.39, 0.29) is 0 Å². The Balaban J connectivity index is 1.83. The van der Waals surface area contributed by atoms with Gasteiger partial charge in [-0.15, -0.1) is 0 Å². The highest BCUT2D eigenvalue weighted by molar-refractivity contribution is 5.24. The van der Waals surface area contributed by atoms with Crippen LogP contribution in [-0.4, -0.2) is 17.6 Å². The van der Waals surface area contributed by atoms with Crippen molar-refractivity contribution in [3.8, 4) is 0 Å². The molecular formula is C13H20N2. The SMILES string of the molecule is Cc1ccncc1C(C)CCNC1CC1. The summed E-state index contributed by atoms with van der Waals surface area (Å²) in [6, 6.07) is 2.92. The topological polar surface area (TPSA) is 24.9 Å². The van der Waals surface area contributed by atoms with E-state index in [2.05, 4.69) is 30.2 Å². The molecule has 15 heavy (non-hydrogen) atoms. The molecule has 1 heterocycles. The van der Waals surface area contributed by atoms with E-state index in [4.69, 9.17) is 0 Å². The fourth-order valence-corrected chi connectivity index (χ4v) is 1.94. The van der Waals surface area contributed by atoms with Crippen LogP contribution >= 0.6 is 0 Å². The van der Waals surface area contributed by atoms with Crippen LogP contribution in [0.4, 0.5) is 0 Å². The van der Waals surface area contributed by atoms with Gasteiger partial charge in [-0.05, 0) is 55.8 Å². The van der Waals surface area contributed by atoms with E-state index in [1.807, 2.05) is 12.4 Å². The third kappa shape index (κ3) is 3.03. The molecule has 0 radical (unpaired) electrons. The van der Waals surface area contributed by atoms with Crippen LogP contribution in [-0.2, 0) is 0 Å². The van der Waals surface area contributed by atoms with Gasteiger partial charge in [0.15, 0.2) is 0 Å². The minimum Gasteiger partial charge on any atom is -0.314 e. The van der Waals surface area contributed by atoms with Crippen molar-refractivity contribution in [3.63, 3.8) is 0 Å². The second-order valence-corrected chi connectivity index (χ2v) is 4.65. The third-order valence-corrected chi connectivity index (χ3v) is 3.20. The zero-order chi connectivity index (χ0) is 10.7. The van der Waals surface area contributed by atoms with Gasteiger partial charge in [0, 0.05) is 18.4 Å². The van der Waals surface area contributed by atoms with Crippen LogP contribution in [0.25, 0.3) is 0 Å². The summed E-state index contributed by atoms with van der Waals surface area (Å²) < 4.78 is 0. The van der Waals surface area contributed by atoms with Crippen LogP contribution < -0.4 is 5.32 Å². The largest absolute Gasteiger partial charge is 0.314 e. The first-order chi connectivity index (χ1) is 7.27. The predicted octanol–water partition coefficient (Wildman–Crippen LogP) is 2.64. The number of pyridine rings is 1. The smallest absolute Gasteiger partial charge is 0.0305 e. The summed E-state index contributed by atoms with van der Waals surface area (Å²) in [5.41, 5.74) is 2.76. The van der Waals surface area contributed by atoms with E-state index in [0.717, 1.165) is 12.6 Å². The number of aryl methyl sites for hydroxylation is 1. The van der Waals surface area contributed by atoms with Crippen molar-refractivity contribution < 1.29 is 0 Å². The number of nitrogens with one attached hydrogen (secondary N) is 1. The molecular weight excluding hydrogens is 184 g/mol. The second-order valence-electron chi connectivity index (χ2n) is 4.65. The Hall–Kier alpha value is -0.890. The molecule has 1 fully saturated rings. The Morgan fingerprint density at radius 3 is 3.00 bits per heavy atom. The van der Waals surface area contributed by atoms with Crippen molar-refractivity contribution in [2.45, 2.75) is 45.1 Å². The van der Waals surface area contributed by atoms with Gasteiger partial charge in [-0.1, -0.05) is 6.92 Å². The van der Waals surface area contributed by atoms with E-state index < -0.39 is 0 Å². The standard InChI is InChI=1S/C13H20N2/c1-10-5-7-14-9-13(10)11(2)6-8-15-12-3-4-12/h5,7,9,11-12,15H,3-4,6,8H2,1-2H3. The quantitative estimate of drug-likeness (QED) is 0.797. The van der Waals surface area contributed by atoms with Crippen LogP contribution in [0.2, 0.25) is 0 Å². The molecule has 1 aromatic heterocycles. The Morgan fingerprint density at radius 1 is 1.53 bits per heavy atom. The Labute approximate surface area is 92.1 Å². The highest BCUT2D eigenvalue weighted by atomic mass is 14.9. The van der Waals surface area contributed by atoms with Gasteiger partial charge in [-0.25, -0.2) is 0 Å². The molecule has 1 aliphatic rings. The first-order valence-electron chi connectivity index (χ1n) is 5.91. The van der Waals surface area contributed by atoms with Crippen molar-refractivity contribution in [1.29, 1.82) is 0 Å². The summed E-state index contributed by atoms with van der Waals surface area (Å²) in [6.07, 6.45) is 7.84. The van der Waals surface area contributed by atoms with E-state index in [1.165, 1.54) is 30.4 Å². The van der Waals surface area contributed by atoms with Crippen LogP contribution in [0.1, 0.15) is 43.2 Å². The van der Waals surface area contributed by atoms with E-state index >= 15 is 0 Å². The molecule has 2 rings (SSSR count). The van der Waals surface area contributed by atoms with Crippen LogP contribution in [0.5, 0.6) is 0 Å². The van der Waals surface area contributed by atoms with Crippen LogP contribution in [0.15, 0.2) is 18.5 Å². The molecule has 1 N–H and O–H groups in total. The molecule has 1 saturated carbocycles. The van der Waals surface area contributed by atoms with Crippen molar-refractivity contribution in [1.82, 2.24) is 10.3 Å². The Morgan fingerprint density at radius 2 is 2.33 bits per heavy atom. The number of nitrogens with zero attached hydrogens (tertiary/aromatic N) is 1. The Kier molecular flexibility index (Phi) is 3.37. The summed E-state index contributed by atoms with van der Waals surface area (Å²) in [5, 5.41) is 3.56. The first-order valence-corrected chi connectivity index (χ1v) is 5.91. The zero-order valence-corrected chi connectivity index (χ0v) is 9.66. The summed E-state index contributed by atoms with van der Waals surface area (Å²) in [6.45, 7) is 5.60. The van der Waals surface area contributed by atoms with Crippen molar-refractivity contribution >= 4 is 0 Å². The van der Waals surface area contributed by atoms with Gasteiger partial charge in [-0.2, -0.15) is 0 Å². The van der Waals surface area contributed by atoms with Crippen molar-refractivity contribution in [3.05, 3.63) is 29.6 Å². The molecule has 0 spiro atoms. The first kappa shape index (κ1) is 10.6. The van der Waals surface area contributed by atoms with Gasteiger partial charge >= 0.3 is 0 Å². The molecule has 2 heteroatoms. The third-order valence-electron chi connectivity index (χ3n) is 3.20. The molecule has 0 bridgehead atoms. The number of rotatable bonds is 5. The minimum absolute atomic E-state index is 0.616. The van der Waals surface area contributed by atoms with E-state index in [0.29, 0.717) is 5.92 Å². The predicted molar refractivity (Wildman–Crippen MR) is 63.0 cm³/mol. The van der Waals surface area contributed by atoms with Crippen molar-refractivity contribution in [2.75, 3.05) is 6.54 Å². The average molecular weight is 204 g/mol. The lowest BCUT2D eigenvalue weighted by atomic mass is 9.96. The molecule has 1 unspecified atom stereocenters. The van der Waals surface area contributed by atoms with Crippen molar-refractivity contribution in [2.24, 2.45) is 0 Å². The number of aromatic nitrogens is 1. The monoisotopic (exact) mass is 204 g/mol. The lowest BCUT2D eigenvalue weighted by molar-refractivity contribution is 0.589. The molecule has 0 saturated heterocycles. The molecule has 2 nitrogen and oxygen atoms in total. The maximum atomic E-state index is 4.20. The van der Waals surface area contributed by atoms with Gasteiger partial charge in [0.2, 0.25) is 0 Å². The number of hydrogen-bond acceptors (Lipinski definition) is 2. The summed E-state index contributed by atoms with van der Waals surface area (Å²) in [7, 11) is 0. The normalized spacial score (nSPS) is 17.7. The highest BCUT2D eigenvalue weighted by Gasteiger charge is 2.20. The van der Waals surface area contributed by atoms with Crippen LogP contribution in [0.3, 0.4) is 0 Å². The van der Waals surface area contributed by atoms with Gasteiger partial charge < -0.3 is 5.32 Å². The summed E-state index contributed by atoms with van der Waals surface area (Å²) >= 11 is 0. The molecule has 0 aliphatic heterocycles. The summed E-state index contributed by atoms with van der Waals surface area (Å²) in [5.74, 6) is 0.616. The fourth-order valence-electron chi connectivity index (χ4n) is 1.94. The molecule has 82 valence electrons.